The number of benzene rings is 1. The number of rotatable bonds is 3. The highest BCUT2D eigenvalue weighted by Crippen LogP contribution is 2.23. The van der Waals surface area contributed by atoms with Gasteiger partial charge >= 0.3 is 6.09 Å². The van der Waals surface area contributed by atoms with Gasteiger partial charge in [0.2, 0.25) is 0 Å². The number of halogens is 1. The lowest BCUT2D eigenvalue weighted by atomic mass is 10.00. The second-order valence-corrected chi connectivity index (χ2v) is 6.02. The summed E-state index contributed by atoms with van der Waals surface area (Å²) in [4.78, 5) is 20.5. The zero-order valence-electron chi connectivity index (χ0n) is 12.1. The molecule has 2 aromatic rings. The number of carbonyl (C=O) groups is 1. The molecule has 1 atom stereocenters. The molecule has 5 nitrogen and oxygen atoms in total. The van der Waals surface area contributed by atoms with Crippen molar-refractivity contribution in [2.45, 2.75) is 31.7 Å². The maximum Gasteiger partial charge on any atom is 0.407 e. The Balaban J connectivity index is 1.75. The molecule has 3 rings (SSSR count). The van der Waals surface area contributed by atoms with Crippen molar-refractivity contribution in [3.63, 3.8) is 0 Å². The van der Waals surface area contributed by atoms with Crippen molar-refractivity contribution >= 4 is 17.7 Å². The lowest BCUT2D eigenvalue weighted by molar-refractivity contribution is 0.106. The van der Waals surface area contributed by atoms with Crippen LogP contribution < -0.4 is 0 Å². The van der Waals surface area contributed by atoms with Gasteiger partial charge in [-0.05, 0) is 31.4 Å². The summed E-state index contributed by atoms with van der Waals surface area (Å²) >= 11 is 6.00. The van der Waals surface area contributed by atoms with Crippen LogP contribution in [0.15, 0.2) is 30.5 Å². The van der Waals surface area contributed by atoms with Crippen molar-refractivity contribution in [1.29, 1.82) is 0 Å². The van der Waals surface area contributed by atoms with E-state index in [4.69, 9.17) is 11.6 Å². The Hall–Kier alpha value is -2.01. The molecule has 1 aromatic carbocycles. The van der Waals surface area contributed by atoms with Crippen molar-refractivity contribution in [2.24, 2.45) is 0 Å². The normalized spacial score (nSPS) is 18.4. The number of nitrogens with zero attached hydrogens (tertiary/aromatic N) is 2. The van der Waals surface area contributed by atoms with E-state index in [-0.39, 0.29) is 6.04 Å². The van der Waals surface area contributed by atoms with Crippen LogP contribution in [0.4, 0.5) is 4.79 Å². The van der Waals surface area contributed by atoms with E-state index >= 15 is 0 Å². The van der Waals surface area contributed by atoms with E-state index in [9.17, 15) is 9.90 Å². The quantitative estimate of drug-likeness (QED) is 0.904. The fourth-order valence-corrected chi connectivity index (χ4v) is 3.15. The van der Waals surface area contributed by atoms with Gasteiger partial charge < -0.3 is 15.0 Å². The lowest BCUT2D eigenvalue weighted by Crippen LogP contribution is -2.44. The number of nitrogens with one attached hydrogen (secondary N) is 1. The molecule has 1 fully saturated rings. The van der Waals surface area contributed by atoms with Gasteiger partial charge in [-0.3, -0.25) is 0 Å². The second-order valence-electron chi connectivity index (χ2n) is 5.58. The number of amides is 1. The first-order valence-electron chi connectivity index (χ1n) is 7.43. The number of carboxylic acid groups (broad SMARTS) is 1. The number of likely N-dealkylation sites (tertiary alicyclic amines) is 1. The number of aromatic nitrogens is 2. The number of imidazole rings is 1. The number of H-pyrrole nitrogens is 1. The highest BCUT2D eigenvalue weighted by molar-refractivity contribution is 6.30. The van der Waals surface area contributed by atoms with Crippen LogP contribution in [-0.2, 0) is 6.42 Å². The summed E-state index contributed by atoms with van der Waals surface area (Å²) in [5.74, 6) is 0.813. The third-order valence-electron chi connectivity index (χ3n) is 4.07. The van der Waals surface area contributed by atoms with Gasteiger partial charge in [-0.25, -0.2) is 9.78 Å². The van der Waals surface area contributed by atoms with Gasteiger partial charge in [-0.15, -0.1) is 0 Å². The van der Waals surface area contributed by atoms with E-state index in [1.165, 1.54) is 4.90 Å². The average Bonchev–Trinajstić information content (AvgIpc) is 2.96. The van der Waals surface area contributed by atoms with E-state index in [0.717, 1.165) is 36.3 Å². The molecular weight excluding hydrogens is 302 g/mol. The van der Waals surface area contributed by atoms with E-state index in [1.807, 2.05) is 24.3 Å². The Kier molecular flexibility index (Phi) is 4.34. The number of piperidine rings is 1. The van der Waals surface area contributed by atoms with E-state index in [2.05, 4.69) is 9.97 Å². The molecule has 2 N–H and O–H groups in total. The van der Waals surface area contributed by atoms with Crippen LogP contribution in [0.1, 0.15) is 25.1 Å². The van der Waals surface area contributed by atoms with Crippen molar-refractivity contribution in [3.05, 3.63) is 41.3 Å². The molecule has 1 aromatic heterocycles. The summed E-state index contributed by atoms with van der Waals surface area (Å²) in [6.07, 6.45) is 4.44. The standard InChI is InChI=1S/C16H18ClN3O2/c17-12-5-3-4-11(8-12)14-10-18-15(19-14)9-13-6-1-2-7-20(13)16(21)22/h3-5,8,10,13H,1-2,6-7,9H2,(H,18,19)(H,21,22). The zero-order chi connectivity index (χ0) is 15.5. The zero-order valence-corrected chi connectivity index (χ0v) is 12.9. The Morgan fingerprint density at radius 1 is 1.45 bits per heavy atom. The van der Waals surface area contributed by atoms with Crippen LogP contribution in [0, 0.1) is 0 Å². The summed E-state index contributed by atoms with van der Waals surface area (Å²) in [5, 5.41) is 9.96. The number of aromatic amines is 1. The molecular formula is C16H18ClN3O2. The molecule has 116 valence electrons. The summed E-state index contributed by atoms with van der Waals surface area (Å²) in [5.41, 5.74) is 1.88. The molecule has 1 unspecified atom stereocenters. The van der Waals surface area contributed by atoms with Gasteiger partial charge in [-0.1, -0.05) is 23.7 Å². The highest BCUT2D eigenvalue weighted by atomic mass is 35.5. The molecule has 0 aliphatic carbocycles. The minimum Gasteiger partial charge on any atom is -0.465 e. The molecule has 1 aliphatic heterocycles. The summed E-state index contributed by atoms with van der Waals surface area (Å²) in [7, 11) is 0. The topological polar surface area (TPSA) is 69.2 Å². The van der Waals surface area contributed by atoms with Crippen LogP contribution >= 0.6 is 11.6 Å². The molecule has 1 amide bonds. The van der Waals surface area contributed by atoms with Gasteiger partial charge in [0, 0.05) is 29.6 Å². The largest absolute Gasteiger partial charge is 0.465 e. The van der Waals surface area contributed by atoms with E-state index in [1.54, 1.807) is 6.20 Å². The molecule has 0 spiro atoms. The maximum atomic E-state index is 11.3. The maximum absolute atomic E-state index is 11.3. The second kappa shape index (κ2) is 6.40. The summed E-state index contributed by atoms with van der Waals surface area (Å²) in [6.45, 7) is 0.613. The molecule has 22 heavy (non-hydrogen) atoms. The van der Waals surface area contributed by atoms with Crippen LogP contribution in [0.2, 0.25) is 5.02 Å². The smallest absolute Gasteiger partial charge is 0.407 e. The lowest BCUT2D eigenvalue weighted by Gasteiger charge is -2.33. The minimum atomic E-state index is -0.841. The monoisotopic (exact) mass is 319 g/mol. The predicted molar refractivity (Wildman–Crippen MR) is 85.1 cm³/mol. The van der Waals surface area contributed by atoms with Gasteiger partial charge in [0.1, 0.15) is 5.82 Å². The summed E-state index contributed by atoms with van der Waals surface area (Å²) < 4.78 is 0. The van der Waals surface area contributed by atoms with E-state index in [0.29, 0.717) is 18.0 Å². The van der Waals surface area contributed by atoms with Gasteiger partial charge in [0.05, 0.1) is 11.9 Å². The first-order valence-corrected chi connectivity index (χ1v) is 7.80. The molecule has 1 saturated heterocycles. The van der Waals surface area contributed by atoms with E-state index < -0.39 is 6.09 Å². The van der Waals surface area contributed by atoms with Crippen LogP contribution in [0.25, 0.3) is 11.3 Å². The SMILES string of the molecule is O=C(O)N1CCCCC1Cc1ncc(-c2cccc(Cl)c2)[nH]1. The number of hydrogen-bond acceptors (Lipinski definition) is 2. The minimum absolute atomic E-state index is 0.00427. The van der Waals surface area contributed by atoms with Crippen molar-refractivity contribution in [1.82, 2.24) is 14.9 Å². The van der Waals surface area contributed by atoms with Crippen molar-refractivity contribution < 1.29 is 9.90 Å². The predicted octanol–water partition coefficient (Wildman–Crippen LogP) is 3.81. The van der Waals surface area contributed by atoms with Gasteiger partial charge in [-0.2, -0.15) is 0 Å². The fourth-order valence-electron chi connectivity index (χ4n) is 2.96. The highest BCUT2D eigenvalue weighted by Gasteiger charge is 2.27. The molecule has 2 heterocycles. The van der Waals surface area contributed by atoms with Gasteiger partial charge in [0.25, 0.3) is 0 Å². The van der Waals surface area contributed by atoms with Crippen molar-refractivity contribution in [2.75, 3.05) is 6.54 Å². The summed E-state index contributed by atoms with van der Waals surface area (Å²) in [6, 6.07) is 7.57. The van der Waals surface area contributed by atoms with Crippen molar-refractivity contribution in [3.8, 4) is 11.3 Å². The van der Waals surface area contributed by atoms with Gasteiger partial charge in [0.15, 0.2) is 0 Å². The fraction of sp³-hybridized carbons (Fsp3) is 0.375. The Bertz CT molecular complexity index is 671. The molecule has 0 radical (unpaired) electrons. The van der Waals surface area contributed by atoms with Crippen LogP contribution in [-0.4, -0.2) is 38.7 Å². The first-order chi connectivity index (χ1) is 10.6. The first kappa shape index (κ1) is 14.9. The molecule has 6 heteroatoms. The third kappa shape index (κ3) is 3.25. The average molecular weight is 320 g/mol. The van der Waals surface area contributed by atoms with Crippen LogP contribution in [0.3, 0.4) is 0 Å². The molecule has 0 bridgehead atoms. The molecule has 0 saturated carbocycles. The Morgan fingerprint density at radius 2 is 2.32 bits per heavy atom. The Morgan fingerprint density at radius 3 is 3.09 bits per heavy atom. The van der Waals surface area contributed by atoms with Crippen LogP contribution in [0.5, 0.6) is 0 Å². The third-order valence-corrected chi connectivity index (χ3v) is 4.30. The molecule has 1 aliphatic rings. The number of hydrogen-bond donors (Lipinski definition) is 2. The Labute approximate surface area is 133 Å².